The Hall–Kier alpha value is -1.34. The molecule has 0 heterocycles. The molecule has 1 saturated carbocycles. The standard InChI is InChI=1S/C11H20N2O5/c1-17-6-5-13(8-3-4-8)11(16)12-9(7-18-2)10(14)15/h8-9H,3-7H2,1-2H3,(H,12,16)(H,14,15). The molecule has 0 saturated heterocycles. The van der Waals surface area contributed by atoms with Gasteiger partial charge >= 0.3 is 12.0 Å². The van der Waals surface area contributed by atoms with Crippen molar-refractivity contribution < 1.29 is 24.2 Å². The lowest BCUT2D eigenvalue weighted by Crippen LogP contribution is -2.51. The van der Waals surface area contributed by atoms with Crippen LogP contribution >= 0.6 is 0 Å². The number of aliphatic carboxylic acids is 1. The van der Waals surface area contributed by atoms with Crippen molar-refractivity contribution in [1.29, 1.82) is 0 Å². The molecular formula is C11H20N2O5. The normalized spacial score (nSPS) is 16.1. The average Bonchev–Trinajstić information content (AvgIpc) is 3.13. The van der Waals surface area contributed by atoms with Crippen LogP contribution in [0.15, 0.2) is 0 Å². The number of carbonyl (C=O) groups is 2. The lowest BCUT2D eigenvalue weighted by atomic mass is 10.3. The molecule has 0 spiro atoms. The van der Waals surface area contributed by atoms with Gasteiger partial charge in [0.1, 0.15) is 0 Å². The topological polar surface area (TPSA) is 88.1 Å². The Bertz CT molecular complexity index is 293. The first-order valence-electron chi connectivity index (χ1n) is 5.88. The van der Waals surface area contributed by atoms with E-state index in [-0.39, 0.29) is 18.7 Å². The maximum absolute atomic E-state index is 12.0. The van der Waals surface area contributed by atoms with Gasteiger partial charge in [0.25, 0.3) is 0 Å². The highest BCUT2D eigenvalue weighted by molar-refractivity contribution is 5.83. The van der Waals surface area contributed by atoms with Gasteiger partial charge in [-0.2, -0.15) is 0 Å². The minimum Gasteiger partial charge on any atom is -0.480 e. The van der Waals surface area contributed by atoms with Gasteiger partial charge in [-0.3, -0.25) is 0 Å². The van der Waals surface area contributed by atoms with Crippen LogP contribution in [-0.2, 0) is 14.3 Å². The summed E-state index contributed by atoms with van der Waals surface area (Å²) < 4.78 is 9.70. The van der Waals surface area contributed by atoms with Gasteiger partial charge in [-0.15, -0.1) is 0 Å². The van der Waals surface area contributed by atoms with Crippen LogP contribution in [0, 0.1) is 0 Å². The maximum Gasteiger partial charge on any atom is 0.328 e. The summed E-state index contributed by atoms with van der Waals surface area (Å²) in [5.74, 6) is -1.10. The van der Waals surface area contributed by atoms with E-state index in [2.05, 4.69) is 5.32 Å². The van der Waals surface area contributed by atoms with Gasteiger partial charge in [-0.05, 0) is 12.8 Å². The Morgan fingerprint density at radius 2 is 2.06 bits per heavy atom. The van der Waals surface area contributed by atoms with E-state index in [9.17, 15) is 9.59 Å². The molecule has 0 aromatic rings. The molecule has 2 amide bonds. The van der Waals surface area contributed by atoms with Crippen molar-refractivity contribution >= 4 is 12.0 Å². The Morgan fingerprint density at radius 1 is 1.39 bits per heavy atom. The van der Waals surface area contributed by atoms with Crippen LogP contribution in [-0.4, -0.2) is 68.1 Å². The first kappa shape index (κ1) is 14.7. The zero-order valence-electron chi connectivity index (χ0n) is 10.7. The first-order valence-corrected chi connectivity index (χ1v) is 5.88. The molecule has 0 aromatic carbocycles. The van der Waals surface area contributed by atoms with Gasteiger partial charge in [0.2, 0.25) is 0 Å². The number of carbonyl (C=O) groups excluding carboxylic acids is 1. The Balaban J connectivity index is 2.50. The molecule has 1 rings (SSSR count). The highest BCUT2D eigenvalue weighted by Gasteiger charge is 2.33. The average molecular weight is 260 g/mol. The molecule has 0 bridgehead atoms. The number of hydrogen-bond acceptors (Lipinski definition) is 4. The summed E-state index contributed by atoms with van der Waals surface area (Å²) in [6, 6.07) is -1.19. The van der Waals surface area contributed by atoms with Crippen molar-refractivity contribution in [2.75, 3.05) is 34.0 Å². The minimum atomic E-state index is -1.10. The number of rotatable bonds is 8. The molecule has 0 radical (unpaired) electrons. The molecule has 1 unspecified atom stereocenters. The molecule has 1 aliphatic rings. The maximum atomic E-state index is 12.0. The number of hydrogen-bond donors (Lipinski definition) is 2. The molecule has 104 valence electrons. The zero-order valence-corrected chi connectivity index (χ0v) is 10.7. The SMILES string of the molecule is COCCN(C(=O)NC(COC)C(=O)O)C1CC1. The highest BCUT2D eigenvalue weighted by atomic mass is 16.5. The van der Waals surface area contributed by atoms with Gasteiger partial charge in [0, 0.05) is 26.8 Å². The van der Waals surface area contributed by atoms with Gasteiger partial charge in [-0.25, -0.2) is 9.59 Å². The summed E-state index contributed by atoms with van der Waals surface area (Å²) >= 11 is 0. The van der Waals surface area contributed by atoms with E-state index < -0.39 is 12.0 Å². The summed E-state index contributed by atoms with van der Waals surface area (Å²) in [4.78, 5) is 24.5. The fourth-order valence-electron chi connectivity index (χ4n) is 1.60. The summed E-state index contributed by atoms with van der Waals surface area (Å²) in [7, 11) is 2.96. The summed E-state index contributed by atoms with van der Waals surface area (Å²) in [5.41, 5.74) is 0. The number of methoxy groups -OCH3 is 2. The Morgan fingerprint density at radius 3 is 2.50 bits per heavy atom. The van der Waals surface area contributed by atoms with Crippen molar-refractivity contribution in [2.45, 2.75) is 24.9 Å². The van der Waals surface area contributed by atoms with E-state index in [1.54, 1.807) is 12.0 Å². The van der Waals surface area contributed by atoms with Crippen molar-refractivity contribution in [3.8, 4) is 0 Å². The van der Waals surface area contributed by atoms with Crippen LogP contribution < -0.4 is 5.32 Å². The zero-order chi connectivity index (χ0) is 13.5. The number of amides is 2. The van der Waals surface area contributed by atoms with E-state index in [0.717, 1.165) is 12.8 Å². The molecule has 1 fully saturated rings. The third kappa shape index (κ3) is 4.50. The molecule has 1 aliphatic carbocycles. The predicted molar refractivity (Wildman–Crippen MR) is 63.4 cm³/mol. The van der Waals surface area contributed by atoms with Crippen LogP contribution in [0.3, 0.4) is 0 Å². The van der Waals surface area contributed by atoms with Crippen molar-refractivity contribution in [2.24, 2.45) is 0 Å². The fraction of sp³-hybridized carbons (Fsp3) is 0.818. The second kappa shape index (κ2) is 7.17. The fourth-order valence-corrected chi connectivity index (χ4v) is 1.60. The summed E-state index contributed by atoms with van der Waals surface area (Å²) in [6.07, 6.45) is 1.91. The van der Waals surface area contributed by atoms with Crippen molar-refractivity contribution in [3.63, 3.8) is 0 Å². The van der Waals surface area contributed by atoms with Gasteiger partial charge < -0.3 is 24.8 Å². The Labute approximate surface area is 106 Å². The van der Waals surface area contributed by atoms with E-state index in [1.165, 1.54) is 7.11 Å². The van der Waals surface area contributed by atoms with E-state index >= 15 is 0 Å². The summed E-state index contributed by atoms with van der Waals surface area (Å²) in [5, 5.41) is 11.4. The van der Waals surface area contributed by atoms with Gasteiger partial charge in [0.05, 0.1) is 13.2 Å². The first-order chi connectivity index (χ1) is 8.60. The second-order valence-corrected chi connectivity index (χ2v) is 4.21. The number of urea groups is 1. The highest BCUT2D eigenvalue weighted by Crippen LogP contribution is 2.26. The van der Waals surface area contributed by atoms with Crippen molar-refractivity contribution in [1.82, 2.24) is 10.2 Å². The molecule has 0 aliphatic heterocycles. The third-order valence-electron chi connectivity index (χ3n) is 2.71. The lowest BCUT2D eigenvalue weighted by molar-refractivity contribution is -0.140. The lowest BCUT2D eigenvalue weighted by Gasteiger charge is -2.24. The Kier molecular flexibility index (Phi) is 5.87. The monoisotopic (exact) mass is 260 g/mol. The molecule has 18 heavy (non-hydrogen) atoms. The molecule has 7 nitrogen and oxygen atoms in total. The number of carboxylic acid groups (broad SMARTS) is 1. The quantitative estimate of drug-likeness (QED) is 0.636. The molecule has 2 N–H and O–H groups in total. The van der Waals surface area contributed by atoms with Crippen LogP contribution in [0.5, 0.6) is 0 Å². The van der Waals surface area contributed by atoms with Crippen LogP contribution in [0.2, 0.25) is 0 Å². The molecule has 1 atom stereocenters. The van der Waals surface area contributed by atoms with Gasteiger partial charge in [-0.1, -0.05) is 0 Å². The predicted octanol–water partition coefficient (Wildman–Crippen LogP) is -0.0936. The third-order valence-corrected chi connectivity index (χ3v) is 2.71. The van der Waals surface area contributed by atoms with Crippen LogP contribution in [0.25, 0.3) is 0 Å². The number of carboxylic acids is 1. The summed E-state index contributed by atoms with van der Waals surface area (Å²) in [6.45, 7) is 0.849. The smallest absolute Gasteiger partial charge is 0.328 e. The number of nitrogens with one attached hydrogen (secondary N) is 1. The molecule has 0 aromatic heterocycles. The van der Waals surface area contributed by atoms with Crippen molar-refractivity contribution in [3.05, 3.63) is 0 Å². The molecule has 7 heteroatoms. The minimum absolute atomic E-state index is 0.0517. The number of ether oxygens (including phenoxy) is 2. The second-order valence-electron chi connectivity index (χ2n) is 4.21. The number of nitrogens with zero attached hydrogens (tertiary/aromatic N) is 1. The molecular weight excluding hydrogens is 240 g/mol. The van der Waals surface area contributed by atoms with E-state index in [1.807, 2.05) is 0 Å². The van der Waals surface area contributed by atoms with E-state index in [0.29, 0.717) is 13.2 Å². The van der Waals surface area contributed by atoms with E-state index in [4.69, 9.17) is 14.6 Å². The largest absolute Gasteiger partial charge is 0.480 e. The van der Waals surface area contributed by atoms with Crippen LogP contribution in [0.4, 0.5) is 4.79 Å². The van der Waals surface area contributed by atoms with Crippen LogP contribution in [0.1, 0.15) is 12.8 Å². The van der Waals surface area contributed by atoms with Gasteiger partial charge in [0.15, 0.2) is 6.04 Å².